The van der Waals surface area contributed by atoms with Gasteiger partial charge in [0.05, 0.1) is 25.3 Å². The molecule has 0 amide bonds. The molecule has 10 nitrogen and oxygen atoms in total. The summed E-state index contributed by atoms with van der Waals surface area (Å²) in [6, 6.07) is 10.3. The minimum absolute atomic E-state index is 0.0592. The molecule has 2 aromatic carbocycles. The van der Waals surface area contributed by atoms with Crippen LogP contribution in [0.2, 0.25) is 0 Å². The van der Waals surface area contributed by atoms with E-state index in [9.17, 15) is 30.0 Å². The zero-order valence-corrected chi connectivity index (χ0v) is 24.0. The molecule has 0 fully saturated rings. The first-order chi connectivity index (χ1) is 19.4. The molecule has 2 aromatic rings. The molecule has 0 spiro atoms. The van der Waals surface area contributed by atoms with Crippen LogP contribution in [0.25, 0.3) is 0 Å². The van der Waals surface area contributed by atoms with Crippen molar-refractivity contribution >= 4 is 24.0 Å². The van der Waals surface area contributed by atoms with Crippen LogP contribution in [0, 0.1) is 0 Å². The number of hydrogen-bond donors (Lipinski definition) is 6. The number of nitrogens with one attached hydrogen (secondary N) is 2. The van der Waals surface area contributed by atoms with Crippen molar-refractivity contribution in [3.63, 3.8) is 0 Å². The molecule has 0 radical (unpaired) electrons. The highest BCUT2D eigenvalue weighted by molar-refractivity contribution is 5.88. The van der Waals surface area contributed by atoms with Crippen LogP contribution in [0.1, 0.15) is 49.9 Å². The predicted octanol–water partition coefficient (Wildman–Crippen LogP) is 2.41. The van der Waals surface area contributed by atoms with Crippen LogP contribution in [-0.4, -0.2) is 82.8 Å². The first-order valence-electron chi connectivity index (χ1n) is 13.3. The number of carbonyl (C=O) groups excluding carboxylic acids is 2. The highest BCUT2D eigenvalue weighted by atomic mass is 16.3. The van der Waals surface area contributed by atoms with Crippen LogP contribution in [-0.2, 0) is 16.0 Å². The van der Waals surface area contributed by atoms with Crippen molar-refractivity contribution in [1.29, 1.82) is 0 Å². The van der Waals surface area contributed by atoms with Crippen LogP contribution in [0.3, 0.4) is 0 Å². The number of benzene rings is 2. The summed E-state index contributed by atoms with van der Waals surface area (Å²) < 4.78 is 0. The second-order valence-electron chi connectivity index (χ2n) is 9.90. The number of ketones is 2. The average molecular weight is 565 g/mol. The highest BCUT2D eigenvalue weighted by Gasteiger charge is 2.07. The third-order valence-electron chi connectivity index (χ3n) is 5.76. The molecule has 0 saturated carbocycles. The summed E-state index contributed by atoms with van der Waals surface area (Å²) in [7, 11) is 0. The lowest BCUT2D eigenvalue weighted by molar-refractivity contribution is -0.113. The van der Waals surface area contributed by atoms with Gasteiger partial charge in [-0.25, -0.2) is 0 Å². The molecule has 0 aromatic heterocycles. The van der Waals surface area contributed by atoms with E-state index in [0.717, 1.165) is 11.1 Å². The topological polar surface area (TPSA) is 164 Å². The number of phenolic OH excluding ortho intramolecular Hbond substituents is 2. The largest absolute Gasteiger partial charge is 0.507 e. The number of allylic oxidation sites excluding steroid dienone is 4. The van der Waals surface area contributed by atoms with Gasteiger partial charge in [-0.05, 0) is 81.7 Å². The molecule has 0 heterocycles. The van der Waals surface area contributed by atoms with Gasteiger partial charge in [-0.2, -0.15) is 0 Å². The number of aromatic hydroxyl groups is 2. The van der Waals surface area contributed by atoms with E-state index in [1.165, 1.54) is 38.4 Å². The van der Waals surface area contributed by atoms with Gasteiger partial charge in [-0.3, -0.25) is 19.6 Å². The van der Waals surface area contributed by atoms with Crippen LogP contribution in [0.15, 0.2) is 69.9 Å². The van der Waals surface area contributed by atoms with Crippen molar-refractivity contribution in [3.05, 3.63) is 82.2 Å². The Labute approximate surface area is 240 Å². The van der Waals surface area contributed by atoms with Crippen molar-refractivity contribution < 1.29 is 30.0 Å². The Morgan fingerprint density at radius 2 is 1.12 bits per heavy atom. The molecule has 0 aliphatic rings. The lowest BCUT2D eigenvalue weighted by Crippen LogP contribution is -2.28. The number of aliphatic hydroxyl groups excluding tert-OH is 2. The van der Waals surface area contributed by atoms with Gasteiger partial charge < -0.3 is 31.1 Å². The third-order valence-corrected chi connectivity index (χ3v) is 5.76. The maximum atomic E-state index is 11.1. The van der Waals surface area contributed by atoms with E-state index < -0.39 is 12.2 Å². The Morgan fingerprint density at radius 1 is 0.732 bits per heavy atom. The number of aliphatic imine (C=N–C) groups is 2. The lowest BCUT2D eigenvalue weighted by atomic mass is 10.0. The molecule has 0 bridgehead atoms. The van der Waals surface area contributed by atoms with Crippen molar-refractivity contribution in [2.45, 2.75) is 46.3 Å². The quantitative estimate of drug-likeness (QED) is 0.134. The van der Waals surface area contributed by atoms with Crippen LogP contribution < -0.4 is 10.6 Å². The molecule has 2 unspecified atom stereocenters. The van der Waals surface area contributed by atoms with Crippen LogP contribution in [0.4, 0.5) is 0 Å². The Hall–Kier alpha value is -4.28. The van der Waals surface area contributed by atoms with E-state index in [-0.39, 0.29) is 49.2 Å². The Morgan fingerprint density at radius 3 is 1.49 bits per heavy atom. The number of hydrogen-bond acceptors (Lipinski definition) is 10. The standard InChI is InChI=1S/C31H40N4O6/c1-20(9-22(3)36)34-18-28(38)16-32-14-26-12-24(5-7-30(26)40)11-25-6-8-31(41)27(13-25)15-33-17-29(39)19-35-21(2)10-23(4)37/h5-10,12-15,28-29,34-35,38-41H,11,16-19H2,1-4H3/b20-9+,21-10+,32-14?,33-15?. The summed E-state index contributed by atoms with van der Waals surface area (Å²) in [5.74, 6) is -0.0392. The zero-order valence-electron chi connectivity index (χ0n) is 24.0. The molecule has 41 heavy (non-hydrogen) atoms. The molecule has 0 saturated heterocycles. The minimum atomic E-state index is -0.769. The first kappa shape index (κ1) is 32.9. The van der Waals surface area contributed by atoms with Gasteiger partial charge in [0, 0.05) is 48.0 Å². The second kappa shape index (κ2) is 16.7. The summed E-state index contributed by atoms with van der Waals surface area (Å²) in [4.78, 5) is 30.7. The summed E-state index contributed by atoms with van der Waals surface area (Å²) in [5, 5.41) is 46.7. The monoisotopic (exact) mass is 564 g/mol. The molecule has 2 rings (SSSR count). The van der Waals surface area contributed by atoms with Gasteiger partial charge in [0.25, 0.3) is 0 Å². The van der Waals surface area contributed by atoms with Gasteiger partial charge in [-0.15, -0.1) is 0 Å². The molecule has 0 aliphatic heterocycles. The Bertz CT molecular complexity index is 1220. The fourth-order valence-corrected chi connectivity index (χ4v) is 3.81. The van der Waals surface area contributed by atoms with Gasteiger partial charge in [-0.1, -0.05) is 12.1 Å². The average Bonchev–Trinajstić information content (AvgIpc) is 2.89. The normalized spacial score (nSPS) is 13.9. The fourth-order valence-electron chi connectivity index (χ4n) is 3.81. The van der Waals surface area contributed by atoms with E-state index in [2.05, 4.69) is 20.6 Å². The van der Waals surface area contributed by atoms with Gasteiger partial charge in [0.15, 0.2) is 11.6 Å². The van der Waals surface area contributed by atoms with E-state index in [4.69, 9.17) is 0 Å². The number of phenols is 2. The molecular weight excluding hydrogens is 524 g/mol. The predicted molar refractivity (Wildman–Crippen MR) is 161 cm³/mol. The van der Waals surface area contributed by atoms with E-state index in [1.54, 1.807) is 50.2 Å². The van der Waals surface area contributed by atoms with E-state index in [0.29, 0.717) is 28.9 Å². The van der Waals surface area contributed by atoms with Crippen molar-refractivity contribution in [2.75, 3.05) is 26.2 Å². The summed E-state index contributed by atoms with van der Waals surface area (Å²) >= 11 is 0. The highest BCUT2D eigenvalue weighted by Crippen LogP contribution is 2.22. The van der Waals surface area contributed by atoms with Gasteiger partial charge >= 0.3 is 0 Å². The van der Waals surface area contributed by atoms with Gasteiger partial charge in [0.2, 0.25) is 0 Å². The lowest BCUT2D eigenvalue weighted by Gasteiger charge is -2.11. The molecule has 2 atom stereocenters. The summed E-state index contributed by atoms with van der Waals surface area (Å²) in [6.45, 7) is 7.10. The Balaban J connectivity index is 1.98. The fraction of sp³-hybridized carbons (Fsp3) is 0.355. The Kier molecular flexibility index (Phi) is 13.4. The second-order valence-corrected chi connectivity index (χ2v) is 9.90. The molecule has 10 heteroatoms. The molecule has 6 N–H and O–H groups in total. The SMILES string of the molecule is CC(=O)/C=C(\C)NCC(O)CN=Cc1cc(Cc2ccc(O)c(C=NCC(O)CN/C(C)=C/C(C)=O)c2)ccc1O. The summed E-state index contributed by atoms with van der Waals surface area (Å²) in [5.41, 5.74) is 4.14. The van der Waals surface area contributed by atoms with Crippen molar-refractivity contribution in [3.8, 4) is 11.5 Å². The zero-order chi connectivity index (χ0) is 30.4. The maximum Gasteiger partial charge on any atom is 0.154 e. The molecule has 220 valence electrons. The molecule has 0 aliphatic carbocycles. The number of rotatable bonds is 16. The first-order valence-corrected chi connectivity index (χ1v) is 13.3. The van der Waals surface area contributed by atoms with E-state index >= 15 is 0 Å². The van der Waals surface area contributed by atoms with Crippen LogP contribution >= 0.6 is 0 Å². The summed E-state index contributed by atoms with van der Waals surface area (Å²) in [6.07, 6.45) is 4.89. The third kappa shape index (κ3) is 13.1. The smallest absolute Gasteiger partial charge is 0.154 e. The number of carbonyl (C=O) groups is 2. The van der Waals surface area contributed by atoms with Crippen molar-refractivity contribution in [1.82, 2.24) is 10.6 Å². The van der Waals surface area contributed by atoms with Gasteiger partial charge in [0.1, 0.15) is 11.5 Å². The number of nitrogens with zero attached hydrogens (tertiary/aromatic N) is 2. The molecular formula is C31H40N4O6. The minimum Gasteiger partial charge on any atom is -0.507 e. The van der Waals surface area contributed by atoms with E-state index in [1.807, 2.05) is 0 Å². The number of aliphatic hydroxyl groups is 2. The van der Waals surface area contributed by atoms with Crippen LogP contribution in [0.5, 0.6) is 11.5 Å². The maximum absolute atomic E-state index is 11.1. The van der Waals surface area contributed by atoms with Crippen molar-refractivity contribution in [2.24, 2.45) is 9.98 Å².